The van der Waals surface area contributed by atoms with E-state index in [1.807, 2.05) is 0 Å². The van der Waals surface area contributed by atoms with Gasteiger partial charge in [0.2, 0.25) is 10.4 Å². The van der Waals surface area contributed by atoms with Gasteiger partial charge < -0.3 is 5.32 Å². The summed E-state index contributed by atoms with van der Waals surface area (Å²) in [4.78, 5) is 4.02. The highest BCUT2D eigenvalue weighted by atomic mass is 35.5. The summed E-state index contributed by atoms with van der Waals surface area (Å²) in [7, 11) is 0. The normalized spacial score (nSPS) is 11.6. The lowest BCUT2D eigenvalue weighted by Gasteiger charge is -2.25. The molecule has 0 fully saturated rings. The maximum Gasteiger partial charge on any atom is 0.236 e. The zero-order valence-corrected chi connectivity index (χ0v) is 11.6. The second-order valence-corrected chi connectivity index (χ2v) is 5.70. The van der Waals surface area contributed by atoms with Crippen LogP contribution in [-0.4, -0.2) is 15.9 Å². The van der Waals surface area contributed by atoms with Gasteiger partial charge in [0.1, 0.15) is 5.82 Å². The first-order valence-corrected chi connectivity index (χ1v) is 6.62. The van der Waals surface area contributed by atoms with Crippen molar-refractivity contribution >= 4 is 28.3 Å². The van der Waals surface area contributed by atoms with Crippen LogP contribution in [0, 0.1) is 5.82 Å². The molecule has 0 saturated heterocycles. The van der Waals surface area contributed by atoms with Crippen LogP contribution in [0.15, 0.2) is 24.3 Å². The molecule has 0 aliphatic heterocycles. The van der Waals surface area contributed by atoms with Gasteiger partial charge in [-0.2, -0.15) is 9.36 Å². The first-order chi connectivity index (χ1) is 8.47. The zero-order chi connectivity index (χ0) is 13.2. The molecule has 96 valence electrons. The lowest BCUT2D eigenvalue weighted by molar-refractivity contribution is 0.553. The van der Waals surface area contributed by atoms with Gasteiger partial charge in [0, 0.05) is 23.5 Å². The summed E-state index contributed by atoms with van der Waals surface area (Å²) in [5.41, 5.74) is 0.929. The van der Waals surface area contributed by atoms with Gasteiger partial charge in [0.15, 0.2) is 0 Å². The molecular weight excluding hydrogens is 273 g/mol. The van der Waals surface area contributed by atoms with E-state index in [0.29, 0.717) is 11.7 Å². The first-order valence-electron chi connectivity index (χ1n) is 5.46. The van der Waals surface area contributed by atoms with Gasteiger partial charge in [-0.15, -0.1) is 0 Å². The van der Waals surface area contributed by atoms with Gasteiger partial charge in [0.25, 0.3) is 0 Å². The molecule has 18 heavy (non-hydrogen) atoms. The molecule has 0 aliphatic carbocycles. The number of aromatic nitrogens is 2. The molecule has 0 bridgehead atoms. The third-order valence-electron chi connectivity index (χ3n) is 2.71. The van der Waals surface area contributed by atoms with E-state index in [9.17, 15) is 4.39 Å². The largest absolute Gasteiger partial charge is 0.359 e. The fraction of sp³-hybridized carbons (Fsp3) is 0.333. The van der Waals surface area contributed by atoms with Gasteiger partial charge in [-0.1, -0.05) is 26.0 Å². The van der Waals surface area contributed by atoms with Crippen LogP contribution in [0.25, 0.3) is 0 Å². The Morgan fingerprint density at radius 3 is 2.56 bits per heavy atom. The first kappa shape index (κ1) is 13.2. The zero-order valence-electron chi connectivity index (χ0n) is 10.1. The number of nitrogens with one attached hydrogen (secondary N) is 1. The van der Waals surface area contributed by atoms with Crippen molar-refractivity contribution in [1.29, 1.82) is 0 Å². The molecule has 6 heteroatoms. The number of halogens is 2. The van der Waals surface area contributed by atoms with Gasteiger partial charge in [-0.3, -0.25) is 0 Å². The van der Waals surface area contributed by atoms with E-state index >= 15 is 0 Å². The Balaban J connectivity index is 2.04. The maximum absolute atomic E-state index is 12.9. The molecule has 1 heterocycles. The molecule has 1 aromatic carbocycles. The fourth-order valence-electron chi connectivity index (χ4n) is 1.58. The Labute approximate surface area is 114 Å². The van der Waals surface area contributed by atoms with Crippen molar-refractivity contribution in [2.45, 2.75) is 19.3 Å². The molecule has 0 unspecified atom stereocenters. The van der Waals surface area contributed by atoms with Crippen LogP contribution in [0.2, 0.25) is 5.28 Å². The molecule has 0 saturated carbocycles. The van der Waals surface area contributed by atoms with E-state index in [1.165, 1.54) is 23.7 Å². The van der Waals surface area contributed by atoms with Gasteiger partial charge in [-0.25, -0.2) is 4.39 Å². The monoisotopic (exact) mass is 285 g/mol. The Bertz CT molecular complexity index is 524. The topological polar surface area (TPSA) is 37.8 Å². The summed E-state index contributed by atoms with van der Waals surface area (Å²) >= 11 is 6.88. The Morgan fingerprint density at radius 1 is 1.33 bits per heavy atom. The standard InChI is InChI=1S/C12H13ClFN3S/c1-12(2,8-3-5-9(14)6-4-8)7-15-11-16-10(13)17-18-11/h3-6H,7H2,1-2H3,(H,15,16,17). The van der Waals surface area contributed by atoms with Crippen molar-refractivity contribution in [2.24, 2.45) is 0 Å². The summed E-state index contributed by atoms with van der Waals surface area (Å²) < 4.78 is 16.8. The average Bonchev–Trinajstić information content (AvgIpc) is 2.73. The van der Waals surface area contributed by atoms with E-state index in [2.05, 4.69) is 28.5 Å². The minimum atomic E-state index is -0.224. The number of anilines is 1. The van der Waals surface area contributed by atoms with Gasteiger partial charge in [0.05, 0.1) is 0 Å². The number of nitrogens with zero attached hydrogens (tertiary/aromatic N) is 2. The molecule has 2 aromatic rings. The molecule has 1 aromatic heterocycles. The summed E-state index contributed by atoms with van der Waals surface area (Å²) in [5.74, 6) is -0.224. The van der Waals surface area contributed by atoms with Crippen LogP contribution in [-0.2, 0) is 5.41 Å². The van der Waals surface area contributed by atoms with Crippen molar-refractivity contribution in [2.75, 3.05) is 11.9 Å². The lowest BCUT2D eigenvalue weighted by atomic mass is 9.85. The minimum absolute atomic E-state index is 0.133. The summed E-state index contributed by atoms with van der Waals surface area (Å²) in [6, 6.07) is 6.53. The molecule has 0 radical (unpaired) electrons. The van der Waals surface area contributed by atoms with Crippen LogP contribution in [0.1, 0.15) is 19.4 Å². The summed E-state index contributed by atoms with van der Waals surface area (Å²) in [6.07, 6.45) is 0. The van der Waals surface area contributed by atoms with Crippen LogP contribution in [0.4, 0.5) is 9.52 Å². The van der Waals surface area contributed by atoms with Gasteiger partial charge in [-0.05, 0) is 29.3 Å². The number of hydrogen-bond acceptors (Lipinski definition) is 4. The highest BCUT2D eigenvalue weighted by Gasteiger charge is 2.21. The molecule has 0 amide bonds. The molecule has 0 atom stereocenters. The van der Waals surface area contributed by atoms with E-state index in [-0.39, 0.29) is 16.5 Å². The number of hydrogen-bond donors (Lipinski definition) is 1. The minimum Gasteiger partial charge on any atom is -0.359 e. The molecule has 0 aliphatic rings. The predicted molar refractivity (Wildman–Crippen MR) is 72.8 cm³/mol. The quantitative estimate of drug-likeness (QED) is 0.930. The average molecular weight is 286 g/mol. The van der Waals surface area contributed by atoms with Crippen LogP contribution < -0.4 is 5.32 Å². The summed E-state index contributed by atoms with van der Waals surface area (Å²) in [5, 5.41) is 4.13. The van der Waals surface area contributed by atoms with Crippen molar-refractivity contribution in [3.05, 3.63) is 40.9 Å². The Kier molecular flexibility index (Phi) is 3.82. The Morgan fingerprint density at radius 2 is 2.00 bits per heavy atom. The third-order valence-corrected chi connectivity index (χ3v) is 3.65. The van der Waals surface area contributed by atoms with Crippen molar-refractivity contribution < 1.29 is 4.39 Å². The highest BCUT2D eigenvalue weighted by Crippen LogP contribution is 2.24. The highest BCUT2D eigenvalue weighted by molar-refractivity contribution is 7.09. The molecule has 0 spiro atoms. The van der Waals surface area contributed by atoms with Crippen molar-refractivity contribution in [3.63, 3.8) is 0 Å². The third kappa shape index (κ3) is 3.17. The second-order valence-electron chi connectivity index (χ2n) is 4.61. The second kappa shape index (κ2) is 5.20. The van der Waals surface area contributed by atoms with Crippen molar-refractivity contribution in [1.82, 2.24) is 9.36 Å². The molecule has 2 rings (SSSR count). The lowest BCUT2D eigenvalue weighted by Crippen LogP contribution is -2.27. The maximum atomic E-state index is 12.9. The van der Waals surface area contributed by atoms with Crippen LogP contribution in [0.3, 0.4) is 0 Å². The van der Waals surface area contributed by atoms with E-state index in [1.54, 1.807) is 12.1 Å². The fourth-order valence-corrected chi connectivity index (χ4v) is 2.28. The van der Waals surface area contributed by atoms with Crippen molar-refractivity contribution in [3.8, 4) is 0 Å². The predicted octanol–water partition coefficient (Wildman–Crippen LogP) is 3.72. The van der Waals surface area contributed by atoms with Gasteiger partial charge >= 0.3 is 0 Å². The number of rotatable bonds is 4. The molecular formula is C12H13ClFN3S. The summed E-state index contributed by atoms with van der Waals surface area (Å²) in [6.45, 7) is 4.83. The van der Waals surface area contributed by atoms with E-state index in [0.717, 1.165) is 5.56 Å². The number of benzene rings is 1. The van der Waals surface area contributed by atoms with Crippen LogP contribution in [0.5, 0.6) is 0 Å². The van der Waals surface area contributed by atoms with Crippen LogP contribution >= 0.6 is 23.1 Å². The molecule has 3 nitrogen and oxygen atoms in total. The smallest absolute Gasteiger partial charge is 0.236 e. The Hall–Kier alpha value is -1.20. The SMILES string of the molecule is CC(C)(CNc1nc(Cl)ns1)c1ccc(F)cc1. The van der Waals surface area contributed by atoms with E-state index < -0.39 is 0 Å². The van der Waals surface area contributed by atoms with E-state index in [4.69, 9.17) is 11.6 Å². The molecule has 1 N–H and O–H groups in total.